The number of guanidine groups is 1. The molecule has 0 amide bonds. The zero-order valence-corrected chi connectivity index (χ0v) is 8.59. The van der Waals surface area contributed by atoms with Crippen molar-refractivity contribution in [3.8, 4) is 0 Å². The molecule has 0 saturated heterocycles. The minimum atomic E-state index is -0.0405. The summed E-state index contributed by atoms with van der Waals surface area (Å²) >= 11 is 0. The molecule has 0 aliphatic rings. The van der Waals surface area contributed by atoms with Crippen LogP contribution in [0.3, 0.4) is 0 Å². The molecule has 1 rings (SSSR count). The van der Waals surface area contributed by atoms with Gasteiger partial charge in [0, 0.05) is 27.2 Å². The minimum Gasteiger partial charge on any atom is -0.359 e. The Morgan fingerprint density at radius 3 is 2.86 bits per heavy atom. The maximum Gasteiger partial charge on any atom is 0.266 e. The van der Waals surface area contributed by atoms with Gasteiger partial charge in [-0.3, -0.25) is 19.6 Å². The summed E-state index contributed by atoms with van der Waals surface area (Å²) < 4.78 is 1.43. The SMILES string of the molecule is CN=C(NC)NCc1cc(=O)n(C)[nH]1. The van der Waals surface area contributed by atoms with E-state index >= 15 is 0 Å². The Balaban J connectivity index is 2.58. The van der Waals surface area contributed by atoms with E-state index in [0.717, 1.165) is 5.69 Å². The number of nitrogens with zero attached hydrogens (tertiary/aromatic N) is 2. The first kappa shape index (κ1) is 10.4. The Labute approximate surface area is 82.0 Å². The van der Waals surface area contributed by atoms with Crippen molar-refractivity contribution in [2.45, 2.75) is 6.54 Å². The van der Waals surface area contributed by atoms with Crippen LogP contribution in [-0.2, 0) is 13.6 Å². The highest BCUT2D eigenvalue weighted by Crippen LogP contribution is 1.87. The van der Waals surface area contributed by atoms with Crippen LogP contribution in [0.5, 0.6) is 0 Å². The first-order valence-corrected chi connectivity index (χ1v) is 4.30. The fourth-order valence-corrected chi connectivity index (χ4v) is 1.10. The molecule has 6 heteroatoms. The quantitative estimate of drug-likeness (QED) is 0.421. The molecule has 0 aliphatic carbocycles. The molecule has 0 aromatic carbocycles. The predicted molar refractivity (Wildman–Crippen MR) is 55.3 cm³/mol. The topological polar surface area (TPSA) is 74.2 Å². The third-order valence-corrected chi connectivity index (χ3v) is 1.85. The van der Waals surface area contributed by atoms with Crippen molar-refractivity contribution in [1.29, 1.82) is 0 Å². The summed E-state index contributed by atoms with van der Waals surface area (Å²) in [4.78, 5) is 15.0. The van der Waals surface area contributed by atoms with Gasteiger partial charge in [-0.1, -0.05) is 0 Å². The smallest absolute Gasteiger partial charge is 0.266 e. The molecule has 0 saturated carbocycles. The molecule has 1 aromatic rings. The lowest BCUT2D eigenvalue weighted by Gasteiger charge is -2.06. The van der Waals surface area contributed by atoms with E-state index in [0.29, 0.717) is 12.5 Å². The number of aromatic nitrogens is 2. The number of aliphatic imine (C=N–C) groups is 1. The van der Waals surface area contributed by atoms with E-state index in [1.807, 2.05) is 0 Å². The van der Waals surface area contributed by atoms with Crippen molar-refractivity contribution >= 4 is 5.96 Å². The van der Waals surface area contributed by atoms with Crippen LogP contribution < -0.4 is 16.2 Å². The van der Waals surface area contributed by atoms with Crippen LogP contribution in [0, 0.1) is 0 Å². The van der Waals surface area contributed by atoms with Crippen molar-refractivity contribution < 1.29 is 0 Å². The molecule has 1 heterocycles. The van der Waals surface area contributed by atoms with E-state index in [1.54, 1.807) is 27.2 Å². The second-order valence-corrected chi connectivity index (χ2v) is 2.85. The zero-order valence-electron chi connectivity index (χ0n) is 8.59. The van der Waals surface area contributed by atoms with Crippen molar-refractivity contribution in [2.75, 3.05) is 14.1 Å². The molecule has 0 atom stereocenters. The standard InChI is InChI=1S/C8H15N5O/c1-9-8(10-2)11-5-6-4-7(14)13(3)12-6/h4,12H,5H2,1-3H3,(H2,9,10,11). The number of rotatable bonds is 2. The lowest BCUT2D eigenvalue weighted by Crippen LogP contribution is -2.34. The van der Waals surface area contributed by atoms with Crippen LogP contribution >= 0.6 is 0 Å². The van der Waals surface area contributed by atoms with Crippen LogP contribution in [0.1, 0.15) is 5.69 Å². The van der Waals surface area contributed by atoms with Gasteiger partial charge in [0.15, 0.2) is 5.96 Å². The summed E-state index contributed by atoms with van der Waals surface area (Å²) in [5.74, 6) is 0.690. The third kappa shape index (κ3) is 2.38. The maximum absolute atomic E-state index is 11.1. The first-order valence-electron chi connectivity index (χ1n) is 4.30. The summed E-state index contributed by atoms with van der Waals surface area (Å²) in [7, 11) is 5.15. The largest absolute Gasteiger partial charge is 0.359 e. The maximum atomic E-state index is 11.1. The average molecular weight is 197 g/mol. The summed E-state index contributed by atoms with van der Waals surface area (Å²) in [5.41, 5.74) is 0.787. The van der Waals surface area contributed by atoms with E-state index in [-0.39, 0.29) is 5.56 Å². The monoisotopic (exact) mass is 197 g/mol. The van der Waals surface area contributed by atoms with Crippen LogP contribution in [-0.4, -0.2) is 29.8 Å². The number of aryl methyl sites for hydroxylation is 1. The molecule has 78 valence electrons. The van der Waals surface area contributed by atoms with Gasteiger partial charge in [0.25, 0.3) is 5.56 Å². The molecule has 0 unspecified atom stereocenters. The van der Waals surface area contributed by atoms with Crippen LogP contribution in [0.2, 0.25) is 0 Å². The summed E-state index contributed by atoms with van der Waals surface area (Å²) in [6.45, 7) is 0.545. The lowest BCUT2D eigenvalue weighted by atomic mass is 10.4. The van der Waals surface area contributed by atoms with Gasteiger partial charge < -0.3 is 10.6 Å². The number of hydrogen-bond acceptors (Lipinski definition) is 2. The fraction of sp³-hybridized carbons (Fsp3) is 0.500. The van der Waals surface area contributed by atoms with E-state index in [9.17, 15) is 4.79 Å². The first-order chi connectivity index (χ1) is 6.67. The Morgan fingerprint density at radius 2 is 2.43 bits per heavy atom. The molecular weight excluding hydrogens is 182 g/mol. The van der Waals surface area contributed by atoms with Crippen molar-refractivity contribution in [1.82, 2.24) is 20.4 Å². The summed E-state index contributed by atoms with van der Waals surface area (Å²) in [5, 5.41) is 8.82. The van der Waals surface area contributed by atoms with Gasteiger partial charge in [-0.05, 0) is 0 Å². The molecule has 6 nitrogen and oxygen atoms in total. The van der Waals surface area contributed by atoms with Gasteiger partial charge in [-0.25, -0.2) is 0 Å². The molecule has 0 aliphatic heterocycles. The normalized spacial score (nSPS) is 11.5. The summed E-state index contributed by atoms with van der Waals surface area (Å²) in [6, 6.07) is 1.55. The molecule has 3 N–H and O–H groups in total. The van der Waals surface area contributed by atoms with E-state index in [2.05, 4.69) is 20.7 Å². The molecule has 0 bridgehead atoms. The van der Waals surface area contributed by atoms with Crippen LogP contribution in [0.25, 0.3) is 0 Å². The fourth-order valence-electron chi connectivity index (χ4n) is 1.10. The molecule has 0 radical (unpaired) electrons. The average Bonchev–Trinajstić information content (AvgIpc) is 2.48. The van der Waals surface area contributed by atoms with Gasteiger partial charge in [0.2, 0.25) is 0 Å². The Kier molecular flexibility index (Phi) is 3.33. The molecular formula is C8H15N5O. The third-order valence-electron chi connectivity index (χ3n) is 1.85. The summed E-state index contributed by atoms with van der Waals surface area (Å²) in [6.07, 6.45) is 0. The molecule has 0 fully saturated rings. The van der Waals surface area contributed by atoms with Gasteiger partial charge in [0.05, 0.1) is 12.2 Å². The second-order valence-electron chi connectivity index (χ2n) is 2.85. The van der Waals surface area contributed by atoms with Crippen molar-refractivity contribution in [3.63, 3.8) is 0 Å². The van der Waals surface area contributed by atoms with E-state index in [4.69, 9.17) is 0 Å². The number of aromatic amines is 1. The number of nitrogens with one attached hydrogen (secondary N) is 3. The number of hydrogen-bond donors (Lipinski definition) is 3. The van der Waals surface area contributed by atoms with E-state index < -0.39 is 0 Å². The Hall–Kier alpha value is -1.72. The molecule has 0 spiro atoms. The predicted octanol–water partition coefficient (Wildman–Crippen LogP) is -0.992. The Morgan fingerprint density at radius 1 is 1.71 bits per heavy atom. The Bertz CT molecular complexity index is 375. The van der Waals surface area contributed by atoms with E-state index in [1.165, 1.54) is 4.68 Å². The van der Waals surface area contributed by atoms with Gasteiger partial charge in [0.1, 0.15) is 0 Å². The van der Waals surface area contributed by atoms with Gasteiger partial charge in [-0.2, -0.15) is 0 Å². The second kappa shape index (κ2) is 4.50. The highest BCUT2D eigenvalue weighted by Gasteiger charge is 1.99. The highest BCUT2D eigenvalue weighted by molar-refractivity contribution is 5.79. The molecule has 1 aromatic heterocycles. The lowest BCUT2D eigenvalue weighted by molar-refractivity contribution is 0.708. The van der Waals surface area contributed by atoms with Crippen molar-refractivity contribution in [2.24, 2.45) is 12.0 Å². The van der Waals surface area contributed by atoms with Gasteiger partial charge in [-0.15, -0.1) is 0 Å². The molecule has 14 heavy (non-hydrogen) atoms. The van der Waals surface area contributed by atoms with Gasteiger partial charge >= 0.3 is 0 Å². The minimum absolute atomic E-state index is 0.0405. The van der Waals surface area contributed by atoms with Crippen molar-refractivity contribution in [3.05, 3.63) is 22.1 Å². The van der Waals surface area contributed by atoms with Crippen LogP contribution in [0.4, 0.5) is 0 Å². The number of H-pyrrole nitrogens is 1. The zero-order chi connectivity index (χ0) is 10.6. The van der Waals surface area contributed by atoms with Crippen LogP contribution in [0.15, 0.2) is 15.9 Å². The highest BCUT2D eigenvalue weighted by atomic mass is 16.1.